The van der Waals surface area contributed by atoms with Crippen LogP contribution in [0, 0.1) is 11.8 Å². The quantitative estimate of drug-likeness (QED) is 0.776. The van der Waals surface area contributed by atoms with Crippen LogP contribution < -0.4 is 5.32 Å². The standard InChI is InChI=1S/C20H32N2OS/c1-16(2)19(24-15-18-7-5-4-6-8-18)20(23)21-11-14-22-12-9-17(3)10-13-22/h4-8,16-17,19H,9-15H2,1-3H3,(H,21,23). The first-order valence-electron chi connectivity index (χ1n) is 9.22. The van der Waals surface area contributed by atoms with E-state index in [1.54, 1.807) is 11.8 Å². The summed E-state index contributed by atoms with van der Waals surface area (Å²) >= 11 is 1.75. The van der Waals surface area contributed by atoms with Crippen molar-refractivity contribution in [2.45, 2.75) is 44.6 Å². The van der Waals surface area contributed by atoms with Gasteiger partial charge in [-0.1, -0.05) is 51.1 Å². The molecule has 2 rings (SSSR count). The highest BCUT2D eigenvalue weighted by Gasteiger charge is 2.23. The zero-order chi connectivity index (χ0) is 17.4. The van der Waals surface area contributed by atoms with Crippen molar-refractivity contribution in [3.63, 3.8) is 0 Å². The highest BCUT2D eigenvalue weighted by molar-refractivity contribution is 7.99. The van der Waals surface area contributed by atoms with Crippen LogP contribution in [0.2, 0.25) is 0 Å². The number of hydrogen-bond donors (Lipinski definition) is 1. The van der Waals surface area contributed by atoms with Crippen molar-refractivity contribution in [3.8, 4) is 0 Å². The molecular formula is C20H32N2OS. The number of carbonyl (C=O) groups excluding carboxylic acids is 1. The van der Waals surface area contributed by atoms with Gasteiger partial charge in [0.1, 0.15) is 0 Å². The fraction of sp³-hybridized carbons (Fsp3) is 0.650. The zero-order valence-electron chi connectivity index (χ0n) is 15.3. The van der Waals surface area contributed by atoms with Crippen LogP contribution in [0.5, 0.6) is 0 Å². The van der Waals surface area contributed by atoms with E-state index in [1.165, 1.54) is 31.5 Å². The molecule has 1 aromatic rings. The number of nitrogens with zero attached hydrogens (tertiary/aromatic N) is 1. The summed E-state index contributed by atoms with van der Waals surface area (Å²) in [5.74, 6) is 2.28. The third-order valence-corrected chi connectivity index (χ3v) is 6.36. The van der Waals surface area contributed by atoms with Crippen molar-refractivity contribution in [2.24, 2.45) is 11.8 Å². The number of hydrogen-bond acceptors (Lipinski definition) is 3. The van der Waals surface area contributed by atoms with Gasteiger partial charge in [-0.05, 0) is 43.3 Å². The molecule has 24 heavy (non-hydrogen) atoms. The number of carbonyl (C=O) groups is 1. The van der Waals surface area contributed by atoms with Crippen molar-refractivity contribution < 1.29 is 4.79 Å². The predicted molar refractivity (Wildman–Crippen MR) is 104 cm³/mol. The maximum absolute atomic E-state index is 12.5. The molecule has 0 aromatic heterocycles. The molecule has 1 saturated heterocycles. The van der Waals surface area contributed by atoms with Crippen molar-refractivity contribution in [3.05, 3.63) is 35.9 Å². The Morgan fingerprint density at radius 1 is 1.25 bits per heavy atom. The van der Waals surface area contributed by atoms with Crippen molar-refractivity contribution in [1.82, 2.24) is 10.2 Å². The molecule has 1 fully saturated rings. The molecule has 1 atom stereocenters. The number of benzene rings is 1. The summed E-state index contributed by atoms with van der Waals surface area (Å²) in [6, 6.07) is 10.4. The van der Waals surface area contributed by atoms with E-state index >= 15 is 0 Å². The van der Waals surface area contributed by atoms with E-state index in [-0.39, 0.29) is 11.2 Å². The largest absolute Gasteiger partial charge is 0.354 e. The molecule has 0 radical (unpaired) electrons. The van der Waals surface area contributed by atoms with Gasteiger partial charge in [0.25, 0.3) is 0 Å². The molecule has 1 aromatic carbocycles. The molecule has 0 saturated carbocycles. The van der Waals surface area contributed by atoms with Crippen LogP contribution in [0.1, 0.15) is 39.2 Å². The Bertz CT molecular complexity index is 484. The lowest BCUT2D eigenvalue weighted by molar-refractivity contribution is -0.121. The lowest BCUT2D eigenvalue weighted by atomic mass is 9.99. The minimum atomic E-state index is 0.0200. The summed E-state index contributed by atoms with van der Waals surface area (Å²) in [5, 5.41) is 3.18. The first-order valence-corrected chi connectivity index (χ1v) is 10.3. The zero-order valence-corrected chi connectivity index (χ0v) is 16.1. The minimum absolute atomic E-state index is 0.0200. The van der Waals surface area contributed by atoms with Crippen LogP contribution in [-0.4, -0.2) is 42.2 Å². The third kappa shape index (κ3) is 6.48. The highest BCUT2D eigenvalue weighted by atomic mass is 32.2. The smallest absolute Gasteiger partial charge is 0.233 e. The molecule has 1 aliphatic rings. The highest BCUT2D eigenvalue weighted by Crippen LogP contribution is 2.24. The molecular weight excluding hydrogens is 316 g/mol. The average Bonchev–Trinajstić information content (AvgIpc) is 2.57. The van der Waals surface area contributed by atoms with Crippen molar-refractivity contribution in [2.75, 3.05) is 26.2 Å². The van der Waals surface area contributed by atoms with E-state index in [0.717, 1.165) is 24.8 Å². The Hall–Kier alpha value is -1.00. The Morgan fingerprint density at radius 2 is 1.92 bits per heavy atom. The summed E-state index contributed by atoms with van der Waals surface area (Å²) in [7, 11) is 0. The third-order valence-electron chi connectivity index (χ3n) is 4.74. The second kappa shape index (κ2) is 10.1. The summed E-state index contributed by atoms with van der Waals surface area (Å²) in [6.45, 7) is 10.7. The van der Waals surface area contributed by atoms with E-state index in [0.29, 0.717) is 5.92 Å². The number of likely N-dealkylation sites (tertiary alicyclic amines) is 1. The van der Waals surface area contributed by atoms with Crippen LogP contribution in [-0.2, 0) is 10.5 Å². The van der Waals surface area contributed by atoms with Gasteiger partial charge in [-0.3, -0.25) is 4.79 Å². The average molecular weight is 349 g/mol. The molecule has 3 nitrogen and oxygen atoms in total. The first kappa shape index (κ1) is 19.3. The van der Waals surface area contributed by atoms with E-state index in [1.807, 2.05) is 6.07 Å². The van der Waals surface area contributed by atoms with Gasteiger partial charge in [0.2, 0.25) is 5.91 Å². The topological polar surface area (TPSA) is 32.3 Å². The molecule has 1 unspecified atom stereocenters. The molecule has 1 N–H and O–H groups in total. The number of piperidine rings is 1. The molecule has 1 amide bonds. The van der Waals surface area contributed by atoms with E-state index < -0.39 is 0 Å². The summed E-state index contributed by atoms with van der Waals surface area (Å²) < 4.78 is 0. The summed E-state index contributed by atoms with van der Waals surface area (Å²) in [5.41, 5.74) is 1.28. The predicted octanol–water partition coefficient (Wildman–Crippen LogP) is 3.79. The van der Waals surface area contributed by atoms with Gasteiger partial charge in [0.15, 0.2) is 0 Å². The second-order valence-electron chi connectivity index (χ2n) is 7.28. The van der Waals surface area contributed by atoms with E-state index in [2.05, 4.69) is 55.3 Å². The number of thioether (sulfide) groups is 1. The molecule has 0 spiro atoms. The Labute approximate surface area is 151 Å². The Morgan fingerprint density at radius 3 is 2.54 bits per heavy atom. The normalized spacial score (nSPS) is 17.8. The van der Waals surface area contributed by atoms with Gasteiger partial charge in [-0.2, -0.15) is 0 Å². The van der Waals surface area contributed by atoms with Crippen LogP contribution in [0.4, 0.5) is 0 Å². The molecule has 0 bridgehead atoms. The fourth-order valence-corrected chi connectivity index (χ4v) is 4.24. The van der Waals surface area contributed by atoms with Gasteiger partial charge in [-0.15, -0.1) is 11.8 Å². The van der Waals surface area contributed by atoms with E-state index in [9.17, 15) is 4.79 Å². The van der Waals surface area contributed by atoms with Crippen LogP contribution >= 0.6 is 11.8 Å². The lowest BCUT2D eigenvalue weighted by Crippen LogP contribution is -2.42. The Balaban J connectivity index is 1.72. The van der Waals surface area contributed by atoms with Crippen molar-refractivity contribution >= 4 is 17.7 Å². The number of amides is 1. The van der Waals surface area contributed by atoms with Gasteiger partial charge < -0.3 is 10.2 Å². The first-order chi connectivity index (χ1) is 11.6. The van der Waals surface area contributed by atoms with Gasteiger partial charge in [0, 0.05) is 18.8 Å². The monoisotopic (exact) mass is 348 g/mol. The molecule has 0 aliphatic carbocycles. The number of nitrogens with one attached hydrogen (secondary N) is 1. The van der Waals surface area contributed by atoms with Gasteiger partial charge in [0.05, 0.1) is 5.25 Å². The maximum Gasteiger partial charge on any atom is 0.233 e. The molecule has 4 heteroatoms. The SMILES string of the molecule is CC1CCN(CCNC(=O)C(SCc2ccccc2)C(C)C)CC1. The van der Waals surface area contributed by atoms with Crippen LogP contribution in [0.3, 0.4) is 0 Å². The van der Waals surface area contributed by atoms with Crippen LogP contribution in [0.15, 0.2) is 30.3 Å². The Kier molecular flexibility index (Phi) is 8.13. The lowest BCUT2D eigenvalue weighted by Gasteiger charge is -2.30. The summed E-state index contributed by atoms with van der Waals surface area (Å²) in [6.07, 6.45) is 2.57. The molecule has 134 valence electrons. The van der Waals surface area contributed by atoms with Gasteiger partial charge >= 0.3 is 0 Å². The maximum atomic E-state index is 12.5. The van der Waals surface area contributed by atoms with Gasteiger partial charge in [-0.25, -0.2) is 0 Å². The molecule has 1 heterocycles. The van der Waals surface area contributed by atoms with Crippen LogP contribution in [0.25, 0.3) is 0 Å². The minimum Gasteiger partial charge on any atom is -0.354 e. The fourth-order valence-electron chi connectivity index (χ4n) is 3.05. The second-order valence-corrected chi connectivity index (χ2v) is 8.41. The number of rotatable bonds is 8. The van der Waals surface area contributed by atoms with E-state index in [4.69, 9.17) is 0 Å². The molecule has 1 aliphatic heterocycles. The summed E-state index contributed by atoms with van der Waals surface area (Å²) in [4.78, 5) is 15.0. The van der Waals surface area contributed by atoms with Crippen molar-refractivity contribution in [1.29, 1.82) is 0 Å².